The summed E-state index contributed by atoms with van der Waals surface area (Å²) in [5, 5.41) is 14.3. The molecule has 0 spiro atoms. The highest BCUT2D eigenvalue weighted by molar-refractivity contribution is 5.48. The topological polar surface area (TPSA) is 72.7 Å². The Bertz CT molecular complexity index is 1020. The largest absolute Gasteiger partial charge is 0.493 e. The summed E-state index contributed by atoms with van der Waals surface area (Å²) >= 11 is 0. The maximum absolute atomic E-state index is 10.6. The predicted octanol–water partition coefficient (Wildman–Crippen LogP) is 5.53. The molecular formula is C29H40N2O4. The molecule has 2 aromatic carbocycles. The average molecular weight is 481 g/mol. The molecule has 0 heterocycles. The minimum atomic E-state index is -0.580. The second kappa shape index (κ2) is 12.2. The molecule has 1 aliphatic rings. The van der Waals surface area contributed by atoms with Gasteiger partial charge >= 0.3 is 0 Å². The van der Waals surface area contributed by atoms with Crippen molar-refractivity contribution in [2.45, 2.75) is 57.4 Å². The summed E-state index contributed by atoms with van der Waals surface area (Å²) in [5.41, 5.74) is 1.65. The van der Waals surface area contributed by atoms with Crippen LogP contribution in [0.3, 0.4) is 0 Å². The summed E-state index contributed by atoms with van der Waals surface area (Å²) in [4.78, 5) is 0. The number of hydrogen-bond donors (Lipinski definition) is 1. The highest BCUT2D eigenvalue weighted by Crippen LogP contribution is 2.47. The third kappa shape index (κ3) is 5.67. The van der Waals surface area contributed by atoms with E-state index in [-0.39, 0.29) is 11.8 Å². The summed E-state index contributed by atoms with van der Waals surface area (Å²) in [6.45, 7) is 5.20. The number of methoxy groups -OCH3 is 4. The Labute approximate surface area is 210 Å². The van der Waals surface area contributed by atoms with Gasteiger partial charge < -0.3 is 24.3 Å². The smallest absolute Gasteiger partial charge is 0.161 e. The molecule has 2 aromatic rings. The van der Waals surface area contributed by atoms with Crippen molar-refractivity contribution in [2.24, 2.45) is 11.8 Å². The number of benzene rings is 2. The van der Waals surface area contributed by atoms with Crippen LogP contribution in [-0.2, 0) is 11.8 Å². The Morgan fingerprint density at radius 3 is 2.14 bits per heavy atom. The third-order valence-corrected chi connectivity index (χ3v) is 7.57. The molecule has 0 bridgehead atoms. The van der Waals surface area contributed by atoms with Crippen molar-refractivity contribution in [1.29, 1.82) is 5.26 Å². The van der Waals surface area contributed by atoms with Crippen molar-refractivity contribution in [3.05, 3.63) is 47.5 Å². The number of ether oxygens (including phenoxy) is 4. The van der Waals surface area contributed by atoms with Crippen molar-refractivity contribution >= 4 is 0 Å². The van der Waals surface area contributed by atoms with Crippen LogP contribution >= 0.6 is 0 Å². The molecule has 3 rings (SSSR count). The van der Waals surface area contributed by atoms with Gasteiger partial charge in [0.1, 0.15) is 0 Å². The second-order valence-corrected chi connectivity index (χ2v) is 9.66. The van der Waals surface area contributed by atoms with Crippen LogP contribution in [0.4, 0.5) is 0 Å². The number of nitrogens with zero attached hydrogens (tertiary/aromatic N) is 1. The SMILES string of the molecule is COc1ccc(CCN[C@H]2CCC[C@@H]([C@@](C#N)(c3ccc(OC)c(OC)c3)C(C)C)C2)cc1OC. The molecule has 0 saturated heterocycles. The minimum Gasteiger partial charge on any atom is -0.493 e. The van der Waals surface area contributed by atoms with Crippen molar-refractivity contribution in [2.75, 3.05) is 35.0 Å². The molecule has 1 saturated carbocycles. The summed E-state index contributed by atoms with van der Waals surface area (Å²) < 4.78 is 21.8. The molecule has 0 radical (unpaired) electrons. The van der Waals surface area contributed by atoms with Gasteiger partial charge in [0.05, 0.1) is 39.9 Å². The van der Waals surface area contributed by atoms with Crippen molar-refractivity contribution in [3.63, 3.8) is 0 Å². The normalized spacial score (nSPS) is 19.5. The van der Waals surface area contributed by atoms with Crippen LogP contribution in [0.25, 0.3) is 0 Å². The molecule has 6 heteroatoms. The number of hydrogen-bond acceptors (Lipinski definition) is 6. The van der Waals surface area contributed by atoms with Gasteiger partial charge in [-0.1, -0.05) is 32.4 Å². The average Bonchev–Trinajstić information content (AvgIpc) is 2.89. The van der Waals surface area contributed by atoms with Gasteiger partial charge in [-0.15, -0.1) is 0 Å². The summed E-state index contributed by atoms with van der Waals surface area (Å²) in [6, 6.07) is 15.2. The quantitative estimate of drug-likeness (QED) is 0.456. The van der Waals surface area contributed by atoms with Crippen LogP contribution in [0.2, 0.25) is 0 Å². The zero-order chi connectivity index (χ0) is 25.4. The monoisotopic (exact) mass is 480 g/mol. The number of nitrogens with one attached hydrogen (secondary N) is 1. The molecule has 0 aromatic heterocycles. The molecule has 6 nitrogen and oxygen atoms in total. The van der Waals surface area contributed by atoms with E-state index < -0.39 is 5.41 Å². The zero-order valence-electron chi connectivity index (χ0n) is 22.0. The lowest BCUT2D eigenvalue weighted by atomic mass is 9.60. The zero-order valence-corrected chi connectivity index (χ0v) is 22.0. The van der Waals surface area contributed by atoms with Crippen molar-refractivity contribution in [3.8, 4) is 29.1 Å². The van der Waals surface area contributed by atoms with Gasteiger partial charge in [-0.25, -0.2) is 0 Å². The first-order valence-corrected chi connectivity index (χ1v) is 12.5. The molecule has 190 valence electrons. The Balaban J connectivity index is 1.73. The molecule has 0 unspecified atom stereocenters. The molecule has 1 aliphatic carbocycles. The van der Waals surface area contributed by atoms with E-state index >= 15 is 0 Å². The minimum absolute atomic E-state index is 0.168. The fraction of sp³-hybridized carbons (Fsp3) is 0.552. The maximum Gasteiger partial charge on any atom is 0.161 e. The van der Waals surface area contributed by atoms with Crippen molar-refractivity contribution in [1.82, 2.24) is 5.32 Å². The highest BCUT2D eigenvalue weighted by Gasteiger charge is 2.45. The summed E-state index contributed by atoms with van der Waals surface area (Å²) in [7, 11) is 6.59. The number of rotatable bonds is 11. The lowest BCUT2D eigenvalue weighted by Gasteiger charge is -2.43. The van der Waals surface area contributed by atoms with E-state index in [0.29, 0.717) is 17.5 Å². The predicted molar refractivity (Wildman–Crippen MR) is 139 cm³/mol. The van der Waals surface area contributed by atoms with E-state index in [2.05, 4.69) is 31.3 Å². The van der Waals surface area contributed by atoms with Gasteiger partial charge in [0.25, 0.3) is 0 Å². The van der Waals surface area contributed by atoms with E-state index in [1.807, 2.05) is 30.3 Å². The Hall–Kier alpha value is -2.91. The van der Waals surface area contributed by atoms with E-state index in [4.69, 9.17) is 18.9 Å². The van der Waals surface area contributed by atoms with Gasteiger partial charge in [-0.3, -0.25) is 0 Å². The van der Waals surface area contributed by atoms with Crippen LogP contribution in [0.5, 0.6) is 23.0 Å². The van der Waals surface area contributed by atoms with Crippen LogP contribution in [0.1, 0.15) is 50.7 Å². The summed E-state index contributed by atoms with van der Waals surface area (Å²) in [5.74, 6) is 3.29. The standard InChI is InChI=1S/C29H40N2O4/c1-20(2)29(19-30,23-11-13-26(33-4)28(18-23)35-6)22-8-7-9-24(17-22)31-15-14-21-10-12-25(32-3)27(16-21)34-5/h10-13,16,18,20,22,24,31H,7-9,14-15,17H2,1-6H3/t22-,24+,29+/m1/s1. The lowest BCUT2D eigenvalue weighted by Crippen LogP contribution is -2.45. The van der Waals surface area contributed by atoms with Gasteiger partial charge in [0.15, 0.2) is 23.0 Å². The van der Waals surface area contributed by atoms with Gasteiger partial charge in [-0.05, 0) is 79.5 Å². The molecular weight excluding hydrogens is 440 g/mol. The van der Waals surface area contributed by atoms with E-state index in [1.54, 1.807) is 28.4 Å². The maximum atomic E-state index is 10.6. The highest BCUT2D eigenvalue weighted by atomic mass is 16.5. The molecule has 0 amide bonds. The van der Waals surface area contributed by atoms with Crippen LogP contribution < -0.4 is 24.3 Å². The fourth-order valence-corrected chi connectivity index (χ4v) is 5.66. The number of nitriles is 1. The second-order valence-electron chi connectivity index (χ2n) is 9.66. The summed E-state index contributed by atoms with van der Waals surface area (Å²) in [6.07, 6.45) is 5.18. The Kier molecular flexibility index (Phi) is 9.28. The Morgan fingerprint density at radius 2 is 1.54 bits per heavy atom. The van der Waals surface area contributed by atoms with Crippen molar-refractivity contribution < 1.29 is 18.9 Å². The van der Waals surface area contributed by atoms with E-state index in [1.165, 1.54) is 5.56 Å². The van der Waals surface area contributed by atoms with Crippen LogP contribution in [-0.4, -0.2) is 41.0 Å². The van der Waals surface area contributed by atoms with Crippen LogP contribution in [0.15, 0.2) is 36.4 Å². The molecule has 0 aliphatic heterocycles. The fourth-order valence-electron chi connectivity index (χ4n) is 5.66. The molecule has 3 atom stereocenters. The van der Waals surface area contributed by atoms with E-state index in [0.717, 1.165) is 55.7 Å². The first-order valence-electron chi connectivity index (χ1n) is 12.5. The van der Waals surface area contributed by atoms with Crippen LogP contribution in [0, 0.1) is 23.2 Å². The van der Waals surface area contributed by atoms with Gasteiger partial charge in [-0.2, -0.15) is 5.26 Å². The van der Waals surface area contributed by atoms with E-state index in [9.17, 15) is 5.26 Å². The Morgan fingerprint density at radius 1 is 0.914 bits per heavy atom. The first-order chi connectivity index (χ1) is 16.9. The van der Waals surface area contributed by atoms with Gasteiger partial charge in [0.2, 0.25) is 0 Å². The third-order valence-electron chi connectivity index (χ3n) is 7.57. The first kappa shape index (κ1) is 26.7. The lowest BCUT2D eigenvalue weighted by molar-refractivity contribution is 0.173. The molecule has 1 fully saturated rings. The van der Waals surface area contributed by atoms with Gasteiger partial charge in [0, 0.05) is 6.04 Å². The molecule has 1 N–H and O–H groups in total. The molecule has 35 heavy (non-hydrogen) atoms.